The standard InChI is InChI=1S/C21H30N2O6/c1-26-17-7-6-15(12-18(17)27-2)8-11-22-19(24)20(25)23-13-16-14-28-21(29-16)9-4-3-5-10-21/h6-7,12,16H,3-5,8-11,13-14H2,1-2H3,(H,22,24)(H,23,25). The zero-order valence-electron chi connectivity index (χ0n) is 17.1. The fourth-order valence-electron chi connectivity index (χ4n) is 3.79. The number of carbonyl (C=O) groups excluding carboxylic acids is 2. The van der Waals surface area contributed by atoms with Gasteiger partial charge >= 0.3 is 11.8 Å². The highest BCUT2D eigenvalue weighted by Crippen LogP contribution is 2.37. The van der Waals surface area contributed by atoms with Gasteiger partial charge in [-0.1, -0.05) is 12.5 Å². The molecule has 29 heavy (non-hydrogen) atoms. The van der Waals surface area contributed by atoms with Gasteiger partial charge in [-0.3, -0.25) is 9.59 Å². The average Bonchev–Trinajstić information content (AvgIpc) is 3.14. The second kappa shape index (κ2) is 9.93. The summed E-state index contributed by atoms with van der Waals surface area (Å²) in [6.07, 6.45) is 5.56. The SMILES string of the molecule is COc1ccc(CCNC(=O)C(=O)NCC2COC3(CCCCC3)O2)cc1OC. The number of methoxy groups -OCH3 is 2. The average molecular weight is 406 g/mol. The monoisotopic (exact) mass is 406 g/mol. The van der Waals surface area contributed by atoms with Crippen molar-refractivity contribution in [1.29, 1.82) is 0 Å². The van der Waals surface area contributed by atoms with Crippen molar-refractivity contribution in [2.24, 2.45) is 0 Å². The number of rotatable bonds is 7. The van der Waals surface area contributed by atoms with E-state index in [0.29, 0.717) is 31.1 Å². The molecule has 1 atom stereocenters. The molecule has 1 aromatic rings. The number of carbonyl (C=O) groups is 2. The van der Waals surface area contributed by atoms with Crippen LogP contribution in [0.1, 0.15) is 37.7 Å². The molecule has 2 amide bonds. The van der Waals surface area contributed by atoms with Crippen LogP contribution in [0.15, 0.2) is 18.2 Å². The largest absolute Gasteiger partial charge is 0.493 e. The Morgan fingerprint density at radius 3 is 2.52 bits per heavy atom. The molecule has 8 heteroatoms. The quantitative estimate of drug-likeness (QED) is 0.668. The lowest BCUT2D eigenvalue weighted by atomic mass is 9.94. The van der Waals surface area contributed by atoms with E-state index in [1.165, 1.54) is 6.42 Å². The van der Waals surface area contributed by atoms with Gasteiger partial charge in [0.25, 0.3) is 0 Å². The van der Waals surface area contributed by atoms with E-state index in [2.05, 4.69) is 10.6 Å². The fraction of sp³-hybridized carbons (Fsp3) is 0.619. The van der Waals surface area contributed by atoms with Crippen molar-refractivity contribution in [3.8, 4) is 11.5 Å². The molecule has 1 unspecified atom stereocenters. The Bertz CT molecular complexity index is 717. The summed E-state index contributed by atoms with van der Waals surface area (Å²) < 4.78 is 22.3. The molecular formula is C21H30N2O6. The molecule has 1 aromatic carbocycles. The third-order valence-electron chi connectivity index (χ3n) is 5.37. The molecule has 2 N–H and O–H groups in total. The van der Waals surface area contributed by atoms with Gasteiger partial charge in [0.05, 0.1) is 20.8 Å². The molecule has 1 aliphatic carbocycles. The number of benzene rings is 1. The zero-order chi connectivity index (χ0) is 20.7. The molecule has 0 bridgehead atoms. The van der Waals surface area contributed by atoms with Crippen LogP contribution in [0.5, 0.6) is 11.5 Å². The van der Waals surface area contributed by atoms with Crippen molar-refractivity contribution in [3.05, 3.63) is 23.8 Å². The lowest BCUT2D eigenvalue weighted by Gasteiger charge is -2.31. The van der Waals surface area contributed by atoms with Crippen LogP contribution in [0.2, 0.25) is 0 Å². The summed E-state index contributed by atoms with van der Waals surface area (Å²) in [5.41, 5.74) is 0.970. The van der Waals surface area contributed by atoms with Crippen LogP contribution in [-0.4, -0.2) is 57.6 Å². The van der Waals surface area contributed by atoms with Crippen LogP contribution in [0, 0.1) is 0 Å². The van der Waals surface area contributed by atoms with Crippen molar-refractivity contribution in [2.75, 3.05) is 33.9 Å². The molecule has 160 valence electrons. The summed E-state index contributed by atoms with van der Waals surface area (Å²) in [4.78, 5) is 24.1. The van der Waals surface area contributed by atoms with E-state index >= 15 is 0 Å². The first-order chi connectivity index (χ1) is 14.0. The van der Waals surface area contributed by atoms with Crippen molar-refractivity contribution < 1.29 is 28.5 Å². The zero-order valence-corrected chi connectivity index (χ0v) is 17.1. The van der Waals surface area contributed by atoms with E-state index in [1.54, 1.807) is 14.2 Å². The molecule has 2 aliphatic rings. The minimum Gasteiger partial charge on any atom is -0.493 e. The Morgan fingerprint density at radius 1 is 1.07 bits per heavy atom. The van der Waals surface area contributed by atoms with Gasteiger partial charge < -0.3 is 29.6 Å². The van der Waals surface area contributed by atoms with Crippen molar-refractivity contribution >= 4 is 11.8 Å². The van der Waals surface area contributed by atoms with Crippen LogP contribution in [-0.2, 0) is 25.5 Å². The number of nitrogens with one attached hydrogen (secondary N) is 2. The first kappa shape index (κ1) is 21.4. The van der Waals surface area contributed by atoms with Gasteiger partial charge in [0.2, 0.25) is 0 Å². The summed E-state index contributed by atoms with van der Waals surface area (Å²) in [5.74, 6) is -0.520. The third-order valence-corrected chi connectivity index (χ3v) is 5.37. The van der Waals surface area contributed by atoms with E-state index in [9.17, 15) is 9.59 Å². The van der Waals surface area contributed by atoms with E-state index in [-0.39, 0.29) is 12.6 Å². The Kier molecular flexibility index (Phi) is 7.33. The smallest absolute Gasteiger partial charge is 0.309 e. The second-order valence-electron chi connectivity index (χ2n) is 7.43. The minimum atomic E-state index is -0.662. The predicted molar refractivity (Wildman–Crippen MR) is 106 cm³/mol. The second-order valence-corrected chi connectivity index (χ2v) is 7.43. The summed E-state index contributed by atoms with van der Waals surface area (Å²) in [5, 5.41) is 5.27. The summed E-state index contributed by atoms with van der Waals surface area (Å²) in [6, 6.07) is 5.56. The molecule has 1 heterocycles. The molecule has 8 nitrogen and oxygen atoms in total. The lowest BCUT2D eigenvalue weighted by molar-refractivity contribution is -0.186. The molecular weight excluding hydrogens is 376 g/mol. The van der Waals surface area contributed by atoms with Crippen LogP contribution in [0.25, 0.3) is 0 Å². The van der Waals surface area contributed by atoms with Crippen LogP contribution < -0.4 is 20.1 Å². The Labute approximate surface area is 171 Å². The van der Waals surface area contributed by atoms with Crippen molar-refractivity contribution in [3.63, 3.8) is 0 Å². The maximum Gasteiger partial charge on any atom is 0.309 e. The van der Waals surface area contributed by atoms with Crippen molar-refractivity contribution in [2.45, 2.75) is 50.4 Å². The van der Waals surface area contributed by atoms with Crippen LogP contribution >= 0.6 is 0 Å². The highest BCUT2D eigenvalue weighted by atomic mass is 16.7. The van der Waals surface area contributed by atoms with E-state index in [1.807, 2.05) is 18.2 Å². The molecule has 3 rings (SSSR count). The molecule has 1 aliphatic heterocycles. The first-order valence-corrected chi connectivity index (χ1v) is 10.1. The van der Waals surface area contributed by atoms with Gasteiger partial charge in [-0.2, -0.15) is 0 Å². The molecule has 1 saturated heterocycles. The van der Waals surface area contributed by atoms with Gasteiger partial charge in [0, 0.05) is 25.9 Å². The normalized spacial score (nSPS) is 20.3. The number of hydrogen-bond acceptors (Lipinski definition) is 6. The third kappa shape index (κ3) is 5.61. The van der Waals surface area contributed by atoms with Crippen LogP contribution in [0.4, 0.5) is 0 Å². The van der Waals surface area contributed by atoms with Crippen LogP contribution in [0.3, 0.4) is 0 Å². The van der Waals surface area contributed by atoms with Crippen molar-refractivity contribution in [1.82, 2.24) is 10.6 Å². The van der Waals surface area contributed by atoms with Gasteiger partial charge in [-0.15, -0.1) is 0 Å². The summed E-state index contributed by atoms with van der Waals surface area (Å²) in [7, 11) is 3.15. The summed E-state index contributed by atoms with van der Waals surface area (Å²) >= 11 is 0. The minimum absolute atomic E-state index is 0.211. The lowest BCUT2D eigenvalue weighted by Crippen LogP contribution is -2.44. The molecule has 0 radical (unpaired) electrons. The molecule has 2 fully saturated rings. The fourth-order valence-corrected chi connectivity index (χ4v) is 3.79. The molecule has 0 aromatic heterocycles. The maximum atomic E-state index is 12.0. The van der Waals surface area contributed by atoms with E-state index in [4.69, 9.17) is 18.9 Å². The van der Waals surface area contributed by atoms with E-state index in [0.717, 1.165) is 31.2 Å². The molecule has 1 saturated carbocycles. The van der Waals surface area contributed by atoms with E-state index < -0.39 is 17.6 Å². The highest BCUT2D eigenvalue weighted by Gasteiger charge is 2.42. The number of amides is 2. The van der Waals surface area contributed by atoms with Gasteiger partial charge in [0.1, 0.15) is 6.10 Å². The summed E-state index contributed by atoms with van der Waals surface area (Å²) in [6.45, 7) is 1.05. The number of hydrogen-bond donors (Lipinski definition) is 2. The Balaban J connectivity index is 1.37. The Morgan fingerprint density at radius 2 is 1.79 bits per heavy atom. The highest BCUT2D eigenvalue weighted by molar-refractivity contribution is 6.35. The Hall–Kier alpha value is -2.32. The van der Waals surface area contributed by atoms with Gasteiger partial charge in [-0.05, 0) is 37.0 Å². The van der Waals surface area contributed by atoms with Gasteiger partial charge in [-0.25, -0.2) is 0 Å². The molecule has 1 spiro atoms. The number of ether oxygens (including phenoxy) is 4. The predicted octanol–water partition coefficient (Wildman–Crippen LogP) is 1.55. The van der Waals surface area contributed by atoms with Gasteiger partial charge in [0.15, 0.2) is 17.3 Å². The topological polar surface area (TPSA) is 95.1 Å². The first-order valence-electron chi connectivity index (χ1n) is 10.1. The maximum absolute atomic E-state index is 12.0.